The fourth-order valence-corrected chi connectivity index (χ4v) is 1.17. The fourth-order valence-electron chi connectivity index (χ4n) is 1.17. The van der Waals surface area contributed by atoms with Crippen molar-refractivity contribution in [1.82, 2.24) is 10.2 Å². The molecule has 0 aliphatic carbocycles. The molecule has 0 unspecified atom stereocenters. The zero-order valence-electron chi connectivity index (χ0n) is 8.85. The highest BCUT2D eigenvalue weighted by Crippen LogP contribution is 2.12. The van der Waals surface area contributed by atoms with E-state index in [1.807, 2.05) is 27.8 Å². The van der Waals surface area contributed by atoms with E-state index in [1.165, 1.54) is 5.57 Å². The molecule has 0 aromatic rings. The summed E-state index contributed by atoms with van der Waals surface area (Å²) in [6.07, 6.45) is 0. The Bertz CT molecular complexity index is 237. The van der Waals surface area contributed by atoms with Gasteiger partial charge in [-0.15, -0.1) is 0 Å². The number of amides is 1. The standard InChI is InChI=1S/C10H18N2O/c1-7(2)12(4)10(13)8(3)9-5-11-6-9/h7,11H,5-6H2,1-4H3. The molecule has 0 spiro atoms. The molecule has 0 aromatic carbocycles. The van der Waals surface area contributed by atoms with E-state index in [-0.39, 0.29) is 11.9 Å². The van der Waals surface area contributed by atoms with Crippen LogP contribution >= 0.6 is 0 Å². The predicted molar refractivity (Wildman–Crippen MR) is 53.5 cm³/mol. The number of nitrogens with one attached hydrogen (secondary N) is 1. The summed E-state index contributed by atoms with van der Waals surface area (Å²) >= 11 is 0. The molecule has 0 saturated carbocycles. The Balaban J connectivity index is 2.66. The van der Waals surface area contributed by atoms with E-state index < -0.39 is 0 Å². The molecule has 3 heteroatoms. The van der Waals surface area contributed by atoms with Crippen molar-refractivity contribution < 1.29 is 4.79 Å². The second-order valence-electron chi connectivity index (χ2n) is 3.84. The first-order chi connectivity index (χ1) is 6.04. The van der Waals surface area contributed by atoms with Gasteiger partial charge in [-0.05, 0) is 26.3 Å². The lowest BCUT2D eigenvalue weighted by atomic mass is 10.0. The monoisotopic (exact) mass is 182 g/mol. The average molecular weight is 182 g/mol. The summed E-state index contributed by atoms with van der Waals surface area (Å²) in [7, 11) is 1.85. The first-order valence-corrected chi connectivity index (χ1v) is 4.70. The van der Waals surface area contributed by atoms with Crippen LogP contribution in [0.25, 0.3) is 0 Å². The van der Waals surface area contributed by atoms with Crippen molar-refractivity contribution in [2.45, 2.75) is 26.8 Å². The quantitative estimate of drug-likeness (QED) is 0.640. The van der Waals surface area contributed by atoms with Crippen molar-refractivity contribution in [3.05, 3.63) is 11.1 Å². The second-order valence-corrected chi connectivity index (χ2v) is 3.84. The minimum absolute atomic E-state index is 0.159. The number of carbonyl (C=O) groups excluding carboxylic acids is 1. The summed E-state index contributed by atoms with van der Waals surface area (Å²) in [4.78, 5) is 13.5. The number of hydrogen-bond acceptors (Lipinski definition) is 2. The van der Waals surface area contributed by atoms with Crippen molar-refractivity contribution in [2.75, 3.05) is 20.1 Å². The first-order valence-electron chi connectivity index (χ1n) is 4.70. The maximum Gasteiger partial charge on any atom is 0.249 e. The molecule has 1 heterocycles. The van der Waals surface area contributed by atoms with E-state index in [4.69, 9.17) is 0 Å². The average Bonchev–Trinajstić information content (AvgIpc) is 1.98. The largest absolute Gasteiger partial charge is 0.340 e. The lowest BCUT2D eigenvalue weighted by Gasteiger charge is -2.26. The summed E-state index contributed by atoms with van der Waals surface area (Å²) in [5.74, 6) is 0.159. The van der Waals surface area contributed by atoms with E-state index in [0.717, 1.165) is 18.7 Å². The first kappa shape index (κ1) is 10.3. The molecular formula is C10H18N2O. The second kappa shape index (κ2) is 3.92. The van der Waals surface area contributed by atoms with Crippen molar-refractivity contribution in [3.8, 4) is 0 Å². The van der Waals surface area contributed by atoms with Crippen LogP contribution in [0.3, 0.4) is 0 Å². The van der Waals surface area contributed by atoms with Gasteiger partial charge in [0.25, 0.3) is 0 Å². The van der Waals surface area contributed by atoms with Gasteiger partial charge in [0.05, 0.1) is 0 Å². The zero-order valence-corrected chi connectivity index (χ0v) is 8.85. The van der Waals surface area contributed by atoms with Crippen LogP contribution in [0.1, 0.15) is 20.8 Å². The van der Waals surface area contributed by atoms with Crippen LogP contribution in [0.5, 0.6) is 0 Å². The highest BCUT2D eigenvalue weighted by molar-refractivity contribution is 5.94. The predicted octanol–water partition coefficient (Wildman–Crippen LogP) is 0.773. The Morgan fingerprint density at radius 1 is 1.46 bits per heavy atom. The molecule has 1 rings (SSSR count). The maximum absolute atomic E-state index is 11.8. The third-order valence-electron chi connectivity index (χ3n) is 2.62. The molecular weight excluding hydrogens is 164 g/mol. The van der Waals surface area contributed by atoms with Gasteiger partial charge in [0.1, 0.15) is 0 Å². The van der Waals surface area contributed by atoms with Crippen LogP contribution in [0, 0.1) is 0 Å². The molecule has 0 aromatic heterocycles. The number of likely N-dealkylation sites (N-methyl/N-ethyl adjacent to an activating group) is 1. The normalized spacial score (nSPS) is 15.6. The van der Waals surface area contributed by atoms with Crippen LogP contribution in [0.15, 0.2) is 11.1 Å². The Morgan fingerprint density at radius 3 is 2.31 bits per heavy atom. The van der Waals surface area contributed by atoms with E-state index in [2.05, 4.69) is 5.32 Å². The molecule has 1 fully saturated rings. The molecule has 1 saturated heterocycles. The number of rotatable bonds is 2. The van der Waals surface area contributed by atoms with Gasteiger partial charge in [-0.3, -0.25) is 4.79 Å². The molecule has 1 aliphatic heterocycles. The third-order valence-corrected chi connectivity index (χ3v) is 2.62. The molecule has 1 aliphatic rings. The molecule has 13 heavy (non-hydrogen) atoms. The summed E-state index contributed by atoms with van der Waals surface area (Å²) in [6, 6.07) is 0.274. The topological polar surface area (TPSA) is 32.3 Å². The maximum atomic E-state index is 11.8. The fraction of sp³-hybridized carbons (Fsp3) is 0.700. The van der Waals surface area contributed by atoms with Gasteiger partial charge in [0.15, 0.2) is 0 Å². The van der Waals surface area contributed by atoms with E-state index >= 15 is 0 Å². The minimum Gasteiger partial charge on any atom is -0.340 e. The zero-order chi connectivity index (χ0) is 10.0. The van der Waals surface area contributed by atoms with Crippen LogP contribution in [0.4, 0.5) is 0 Å². The SMILES string of the molecule is CC(C(=O)N(C)C(C)C)=C1CNC1. The molecule has 74 valence electrons. The van der Waals surface area contributed by atoms with Crippen molar-refractivity contribution >= 4 is 5.91 Å². The van der Waals surface area contributed by atoms with Gasteiger partial charge < -0.3 is 10.2 Å². The van der Waals surface area contributed by atoms with Crippen molar-refractivity contribution in [2.24, 2.45) is 0 Å². The summed E-state index contributed by atoms with van der Waals surface area (Å²) in [6.45, 7) is 7.72. The van der Waals surface area contributed by atoms with Crippen LogP contribution < -0.4 is 5.32 Å². The lowest BCUT2D eigenvalue weighted by molar-refractivity contribution is -0.127. The number of carbonyl (C=O) groups is 1. The molecule has 0 bridgehead atoms. The van der Waals surface area contributed by atoms with Gasteiger partial charge in [-0.1, -0.05) is 0 Å². The molecule has 3 nitrogen and oxygen atoms in total. The smallest absolute Gasteiger partial charge is 0.249 e. The highest BCUT2D eigenvalue weighted by Gasteiger charge is 2.19. The Kier molecular flexibility index (Phi) is 3.09. The van der Waals surface area contributed by atoms with Gasteiger partial charge in [-0.2, -0.15) is 0 Å². The summed E-state index contributed by atoms with van der Waals surface area (Å²) in [5, 5.41) is 3.14. The number of hydrogen-bond donors (Lipinski definition) is 1. The lowest BCUT2D eigenvalue weighted by Crippen LogP contribution is -2.39. The minimum atomic E-state index is 0.159. The molecule has 1 amide bonds. The van der Waals surface area contributed by atoms with E-state index in [1.54, 1.807) is 4.90 Å². The van der Waals surface area contributed by atoms with Crippen LogP contribution in [-0.4, -0.2) is 37.0 Å². The highest BCUT2D eigenvalue weighted by atomic mass is 16.2. The number of nitrogens with zero attached hydrogens (tertiary/aromatic N) is 1. The van der Waals surface area contributed by atoms with Crippen molar-refractivity contribution in [3.63, 3.8) is 0 Å². The molecule has 0 atom stereocenters. The Morgan fingerprint density at radius 2 is 2.00 bits per heavy atom. The summed E-state index contributed by atoms with van der Waals surface area (Å²) < 4.78 is 0. The van der Waals surface area contributed by atoms with Crippen molar-refractivity contribution in [1.29, 1.82) is 0 Å². The van der Waals surface area contributed by atoms with Gasteiger partial charge in [0, 0.05) is 31.8 Å². The van der Waals surface area contributed by atoms with Gasteiger partial charge in [0.2, 0.25) is 5.91 Å². The van der Waals surface area contributed by atoms with Crippen LogP contribution in [0.2, 0.25) is 0 Å². The van der Waals surface area contributed by atoms with Crippen LogP contribution in [-0.2, 0) is 4.79 Å². The third kappa shape index (κ3) is 2.10. The molecule has 0 radical (unpaired) electrons. The van der Waals surface area contributed by atoms with E-state index in [9.17, 15) is 4.79 Å². The molecule has 1 N–H and O–H groups in total. The Hall–Kier alpha value is -0.830. The van der Waals surface area contributed by atoms with Gasteiger partial charge >= 0.3 is 0 Å². The summed E-state index contributed by atoms with van der Waals surface area (Å²) in [5.41, 5.74) is 2.16. The van der Waals surface area contributed by atoms with Gasteiger partial charge in [-0.25, -0.2) is 0 Å². The van der Waals surface area contributed by atoms with E-state index in [0.29, 0.717) is 0 Å². The Labute approximate surface area is 79.8 Å².